The Kier molecular flexibility index (Phi) is 17.6. The fourth-order valence-electron chi connectivity index (χ4n) is 3.88. The Morgan fingerprint density at radius 2 is 1.14 bits per heavy atom. The lowest BCUT2D eigenvalue weighted by molar-refractivity contribution is -0.227. The van der Waals surface area contributed by atoms with E-state index in [-0.39, 0.29) is 18.4 Å². The molecular weight excluding hydrogens is 364 g/mol. The number of unbranched alkanes of at least 4 members (excludes halogenated alkanes) is 14. The van der Waals surface area contributed by atoms with Gasteiger partial charge in [-0.15, -0.1) is 0 Å². The summed E-state index contributed by atoms with van der Waals surface area (Å²) in [4.78, 5) is 11.9. The van der Waals surface area contributed by atoms with Gasteiger partial charge in [-0.1, -0.05) is 110 Å². The summed E-state index contributed by atoms with van der Waals surface area (Å²) in [6, 6.07) is 0. The van der Waals surface area contributed by atoms with E-state index in [0.717, 1.165) is 25.7 Å². The molecule has 0 atom stereocenters. The molecule has 0 spiro atoms. The van der Waals surface area contributed by atoms with E-state index >= 15 is 0 Å². The molecule has 0 aliphatic carbocycles. The van der Waals surface area contributed by atoms with Crippen LogP contribution in [0.5, 0.6) is 0 Å². The molecule has 1 heterocycles. The third-order valence-corrected chi connectivity index (χ3v) is 5.74. The molecule has 1 saturated heterocycles. The smallest absolute Gasteiger partial charge is 0.306 e. The van der Waals surface area contributed by atoms with Gasteiger partial charge in [0.25, 0.3) is 0 Å². The van der Waals surface area contributed by atoms with Crippen LogP contribution in [0.25, 0.3) is 0 Å². The average Bonchev–Trinajstić information content (AvgIpc) is 2.72. The first-order valence-corrected chi connectivity index (χ1v) is 12.7. The van der Waals surface area contributed by atoms with E-state index in [1.165, 1.54) is 83.5 Å². The van der Waals surface area contributed by atoms with E-state index in [0.29, 0.717) is 19.6 Å². The first-order chi connectivity index (χ1) is 14.3. The van der Waals surface area contributed by atoms with Gasteiger partial charge < -0.3 is 14.2 Å². The van der Waals surface area contributed by atoms with Crippen LogP contribution in [0, 0.1) is 0 Å². The zero-order valence-electron chi connectivity index (χ0n) is 19.4. The Labute approximate surface area is 180 Å². The molecule has 4 nitrogen and oxygen atoms in total. The molecule has 0 amide bonds. The minimum Gasteiger partial charge on any atom is -0.457 e. The molecule has 1 aliphatic rings. The monoisotopic (exact) mass is 412 g/mol. The maximum Gasteiger partial charge on any atom is 0.306 e. The van der Waals surface area contributed by atoms with Crippen LogP contribution in [0.15, 0.2) is 0 Å². The van der Waals surface area contributed by atoms with Gasteiger partial charge in [-0.3, -0.25) is 4.79 Å². The molecule has 0 unspecified atom stereocenters. The standard InChI is InChI=1S/C25H48O4/c1-3-5-6-7-8-9-10-11-12-13-14-15-16-17-18-20-24(26)29-23-21-27-25(19-4-2)28-22-23/h23,25H,3-22H2,1-2H3. The molecule has 0 aromatic heterocycles. The average molecular weight is 413 g/mol. The predicted molar refractivity (Wildman–Crippen MR) is 120 cm³/mol. The van der Waals surface area contributed by atoms with E-state index in [1.807, 2.05) is 0 Å². The molecule has 0 aromatic rings. The molecule has 4 heteroatoms. The van der Waals surface area contributed by atoms with Crippen molar-refractivity contribution in [1.82, 2.24) is 0 Å². The highest BCUT2D eigenvalue weighted by Gasteiger charge is 2.24. The van der Waals surface area contributed by atoms with Gasteiger partial charge in [0.05, 0.1) is 13.2 Å². The lowest BCUT2D eigenvalue weighted by Gasteiger charge is -2.28. The zero-order valence-corrected chi connectivity index (χ0v) is 19.4. The van der Waals surface area contributed by atoms with E-state index in [4.69, 9.17) is 14.2 Å². The topological polar surface area (TPSA) is 44.8 Å². The van der Waals surface area contributed by atoms with Gasteiger partial charge in [-0.2, -0.15) is 0 Å². The van der Waals surface area contributed by atoms with Crippen LogP contribution in [0.4, 0.5) is 0 Å². The summed E-state index contributed by atoms with van der Waals surface area (Å²) in [5, 5.41) is 0. The van der Waals surface area contributed by atoms with Crippen LogP contribution in [-0.2, 0) is 19.0 Å². The maximum atomic E-state index is 11.9. The Bertz CT molecular complexity index is 364. The van der Waals surface area contributed by atoms with Gasteiger partial charge in [0.1, 0.15) is 6.10 Å². The number of carbonyl (C=O) groups excluding carboxylic acids is 1. The van der Waals surface area contributed by atoms with Crippen molar-refractivity contribution in [1.29, 1.82) is 0 Å². The van der Waals surface area contributed by atoms with Crippen molar-refractivity contribution in [3.8, 4) is 0 Å². The normalized spacial score (nSPS) is 19.4. The van der Waals surface area contributed by atoms with Crippen molar-refractivity contribution in [2.45, 2.75) is 142 Å². The third kappa shape index (κ3) is 15.8. The van der Waals surface area contributed by atoms with Gasteiger partial charge in [-0.25, -0.2) is 0 Å². The summed E-state index contributed by atoms with van der Waals surface area (Å²) in [7, 11) is 0. The van der Waals surface area contributed by atoms with Crippen molar-refractivity contribution in [2.75, 3.05) is 13.2 Å². The highest BCUT2D eigenvalue weighted by molar-refractivity contribution is 5.69. The van der Waals surface area contributed by atoms with Crippen LogP contribution in [0.3, 0.4) is 0 Å². The molecule has 1 rings (SSSR count). The SMILES string of the molecule is CCCCCCCCCCCCCCCCCC(=O)OC1COC(CCC)OC1. The van der Waals surface area contributed by atoms with Crippen LogP contribution in [0.1, 0.15) is 129 Å². The minimum absolute atomic E-state index is 0.106. The first-order valence-electron chi connectivity index (χ1n) is 12.7. The zero-order chi connectivity index (χ0) is 21.0. The molecule has 0 bridgehead atoms. The Hall–Kier alpha value is -0.610. The highest BCUT2D eigenvalue weighted by atomic mass is 16.7. The lowest BCUT2D eigenvalue weighted by Crippen LogP contribution is -2.38. The van der Waals surface area contributed by atoms with Crippen molar-refractivity contribution in [3.63, 3.8) is 0 Å². The van der Waals surface area contributed by atoms with Gasteiger partial charge in [0, 0.05) is 6.42 Å². The number of carbonyl (C=O) groups is 1. The van der Waals surface area contributed by atoms with Crippen molar-refractivity contribution in [3.05, 3.63) is 0 Å². The van der Waals surface area contributed by atoms with E-state index in [2.05, 4.69) is 13.8 Å². The quantitative estimate of drug-likeness (QED) is 0.164. The third-order valence-electron chi connectivity index (χ3n) is 5.74. The van der Waals surface area contributed by atoms with Crippen LogP contribution < -0.4 is 0 Å². The molecule has 0 radical (unpaired) electrons. The Morgan fingerprint density at radius 3 is 1.59 bits per heavy atom. The summed E-state index contributed by atoms with van der Waals surface area (Å²) in [5.74, 6) is -0.106. The summed E-state index contributed by atoms with van der Waals surface area (Å²) < 4.78 is 16.6. The summed E-state index contributed by atoms with van der Waals surface area (Å²) in [6.45, 7) is 5.32. The van der Waals surface area contributed by atoms with Crippen LogP contribution in [0.2, 0.25) is 0 Å². The van der Waals surface area contributed by atoms with Gasteiger partial charge in [0.2, 0.25) is 0 Å². The number of rotatable bonds is 19. The Morgan fingerprint density at radius 1 is 0.690 bits per heavy atom. The largest absolute Gasteiger partial charge is 0.457 e. The first kappa shape index (κ1) is 26.4. The number of hydrogen-bond donors (Lipinski definition) is 0. The van der Waals surface area contributed by atoms with Crippen LogP contribution in [-0.4, -0.2) is 31.6 Å². The number of ether oxygens (including phenoxy) is 3. The summed E-state index contributed by atoms with van der Waals surface area (Å²) >= 11 is 0. The lowest BCUT2D eigenvalue weighted by atomic mass is 10.0. The summed E-state index contributed by atoms with van der Waals surface area (Å²) in [6.07, 6.45) is 22.1. The minimum atomic E-state index is -0.230. The molecule has 1 fully saturated rings. The summed E-state index contributed by atoms with van der Waals surface area (Å²) in [5.41, 5.74) is 0. The fraction of sp³-hybridized carbons (Fsp3) is 0.960. The fourth-order valence-corrected chi connectivity index (χ4v) is 3.88. The van der Waals surface area contributed by atoms with Crippen molar-refractivity contribution >= 4 is 5.97 Å². The molecule has 0 N–H and O–H groups in total. The van der Waals surface area contributed by atoms with E-state index in [1.54, 1.807) is 0 Å². The molecule has 1 aliphatic heterocycles. The van der Waals surface area contributed by atoms with Gasteiger partial charge in [0.15, 0.2) is 6.29 Å². The van der Waals surface area contributed by atoms with Crippen molar-refractivity contribution in [2.24, 2.45) is 0 Å². The molecule has 172 valence electrons. The number of hydrogen-bond acceptors (Lipinski definition) is 4. The molecule has 29 heavy (non-hydrogen) atoms. The maximum absolute atomic E-state index is 11.9. The Balaban J connectivity index is 1.79. The van der Waals surface area contributed by atoms with Crippen molar-refractivity contribution < 1.29 is 19.0 Å². The molecule has 0 aromatic carbocycles. The van der Waals surface area contributed by atoms with E-state index in [9.17, 15) is 4.79 Å². The second kappa shape index (κ2) is 19.4. The predicted octanol–water partition coefficient (Wildman–Crippen LogP) is 7.33. The molecular formula is C25H48O4. The van der Waals surface area contributed by atoms with Crippen LogP contribution >= 0.6 is 0 Å². The second-order valence-electron chi connectivity index (χ2n) is 8.70. The van der Waals surface area contributed by atoms with E-state index < -0.39 is 0 Å². The van der Waals surface area contributed by atoms with Gasteiger partial charge >= 0.3 is 5.97 Å². The molecule has 0 saturated carbocycles. The van der Waals surface area contributed by atoms with Gasteiger partial charge in [-0.05, 0) is 12.8 Å². The number of esters is 1. The second-order valence-corrected chi connectivity index (χ2v) is 8.70. The highest BCUT2D eigenvalue weighted by Crippen LogP contribution is 2.15.